The zero-order chi connectivity index (χ0) is 11.0. The summed E-state index contributed by atoms with van der Waals surface area (Å²) in [4.78, 5) is 4.51. The van der Waals surface area contributed by atoms with Gasteiger partial charge in [0.15, 0.2) is 0 Å². The Hall–Kier alpha value is -1.35. The number of imidazole rings is 1. The lowest BCUT2D eigenvalue weighted by molar-refractivity contribution is 0.813. The summed E-state index contributed by atoms with van der Waals surface area (Å²) in [5, 5.41) is 0. The molecule has 1 heterocycles. The van der Waals surface area contributed by atoms with Gasteiger partial charge in [0.1, 0.15) is 5.82 Å². The molecule has 0 atom stereocenters. The van der Waals surface area contributed by atoms with E-state index in [0.717, 1.165) is 16.9 Å². The average Bonchev–Trinajstić information content (AvgIpc) is 2.55. The van der Waals surface area contributed by atoms with Crippen molar-refractivity contribution in [2.24, 2.45) is 12.8 Å². The van der Waals surface area contributed by atoms with Crippen molar-refractivity contribution in [2.75, 3.05) is 0 Å². The standard InChI is InChI=1S/C12H17N3/c1-8(2)9-4-5-11-10(6-9)14-12(7-13)15(11)3/h4-6,8H,7,13H2,1-3H3. The van der Waals surface area contributed by atoms with Crippen molar-refractivity contribution in [2.45, 2.75) is 26.3 Å². The number of hydrogen-bond donors (Lipinski definition) is 1. The van der Waals surface area contributed by atoms with Crippen molar-refractivity contribution in [3.8, 4) is 0 Å². The van der Waals surface area contributed by atoms with E-state index in [1.807, 2.05) is 7.05 Å². The lowest BCUT2D eigenvalue weighted by atomic mass is 10.0. The fraction of sp³-hybridized carbons (Fsp3) is 0.417. The fourth-order valence-electron chi connectivity index (χ4n) is 1.81. The number of nitrogens with two attached hydrogens (primary N) is 1. The summed E-state index contributed by atoms with van der Waals surface area (Å²) in [6.45, 7) is 4.87. The Labute approximate surface area is 89.9 Å². The monoisotopic (exact) mass is 203 g/mol. The number of aromatic nitrogens is 2. The molecule has 0 saturated carbocycles. The van der Waals surface area contributed by atoms with Gasteiger partial charge in [-0.1, -0.05) is 19.9 Å². The third kappa shape index (κ3) is 1.63. The second-order valence-electron chi connectivity index (χ2n) is 4.19. The van der Waals surface area contributed by atoms with Crippen LogP contribution in [0.4, 0.5) is 0 Å². The van der Waals surface area contributed by atoms with Crippen LogP contribution in [0.25, 0.3) is 11.0 Å². The molecule has 0 amide bonds. The SMILES string of the molecule is CC(C)c1ccc2c(c1)nc(CN)n2C. The first-order valence-corrected chi connectivity index (χ1v) is 5.28. The maximum absolute atomic E-state index is 5.63. The first-order chi connectivity index (χ1) is 7.13. The molecular weight excluding hydrogens is 186 g/mol. The predicted octanol–water partition coefficient (Wildman–Crippen LogP) is 2.16. The molecule has 0 unspecified atom stereocenters. The molecule has 80 valence electrons. The molecule has 0 aliphatic carbocycles. The van der Waals surface area contributed by atoms with E-state index < -0.39 is 0 Å². The highest BCUT2D eigenvalue weighted by molar-refractivity contribution is 5.77. The van der Waals surface area contributed by atoms with Crippen LogP contribution in [-0.2, 0) is 13.6 Å². The molecule has 3 nitrogen and oxygen atoms in total. The van der Waals surface area contributed by atoms with E-state index in [9.17, 15) is 0 Å². The lowest BCUT2D eigenvalue weighted by Crippen LogP contribution is -2.04. The summed E-state index contributed by atoms with van der Waals surface area (Å²) < 4.78 is 2.06. The first kappa shape index (κ1) is 10.2. The Bertz CT molecular complexity index is 483. The van der Waals surface area contributed by atoms with E-state index in [-0.39, 0.29) is 0 Å². The molecule has 0 aliphatic heterocycles. The van der Waals surface area contributed by atoms with Crippen LogP contribution in [0.2, 0.25) is 0 Å². The summed E-state index contributed by atoms with van der Waals surface area (Å²) in [5.41, 5.74) is 9.15. The second-order valence-corrected chi connectivity index (χ2v) is 4.19. The summed E-state index contributed by atoms with van der Waals surface area (Å²) in [5.74, 6) is 1.48. The van der Waals surface area contributed by atoms with Crippen LogP contribution >= 0.6 is 0 Å². The molecule has 2 rings (SSSR count). The van der Waals surface area contributed by atoms with Gasteiger partial charge in [0.2, 0.25) is 0 Å². The van der Waals surface area contributed by atoms with Gasteiger partial charge in [-0.2, -0.15) is 0 Å². The summed E-state index contributed by atoms with van der Waals surface area (Å²) in [6.07, 6.45) is 0. The first-order valence-electron chi connectivity index (χ1n) is 5.28. The highest BCUT2D eigenvalue weighted by Crippen LogP contribution is 2.21. The van der Waals surface area contributed by atoms with Crippen LogP contribution in [0.1, 0.15) is 31.2 Å². The Morgan fingerprint density at radius 2 is 2.13 bits per heavy atom. The third-order valence-electron chi connectivity index (χ3n) is 2.85. The van der Waals surface area contributed by atoms with Crippen molar-refractivity contribution in [3.05, 3.63) is 29.6 Å². The molecule has 0 bridgehead atoms. The molecule has 15 heavy (non-hydrogen) atoms. The van der Waals surface area contributed by atoms with Crippen molar-refractivity contribution >= 4 is 11.0 Å². The molecule has 1 aromatic heterocycles. The number of hydrogen-bond acceptors (Lipinski definition) is 2. The minimum Gasteiger partial charge on any atom is -0.330 e. The summed E-state index contributed by atoms with van der Waals surface area (Å²) in [7, 11) is 2.01. The van der Waals surface area contributed by atoms with Crippen molar-refractivity contribution in [1.82, 2.24) is 9.55 Å². The maximum Gasteiger partial charge on any atom is 0.123 e. The van der Waals surface area contributed by atoms with Crippen LogP contribution in [0.5, 0.6) is 0 Å². The molecule has 1 aromatic carbocycles. The predicted molar refractivity (Wildman–Crippen MR) is 62.7 cm³/mol. The van der Waals surface area contributed by atoms with Crippen LogP contribution in [-0.4, -0.2) is 9.55 Å². The molecule has 0 spiro atoms. The Morgan fingerprint density at radius 1 is 1.40 bits per heavy atom. The highest BCUT2D eigenvalue weighted by Gasteiger charge is 2.07. The van der Waals surface area contributed by atoms with Gasteiger partial charge in [0.25, 0.3) is 0 Å². The number of rotatable bonds is 2. The normalized spacial score (nSPS) is 11.5. The Kier molecular flexibility index (Phi) is 2.49. The quantitative estimate of drug-likeness (QED) is 0.812. The number of nitrogens with zero attached hydrogens (tertiary/aromatic N) is 2. The topological polar surface area (TPSA) is 43.8 Å². The minimum atomic E-state index is 0.488. The molecule has 0 fully saturated rings. The van der Waals surface area contributed by atoms with Crippen LogP contribution in [0.15, 0.2) is 18.2 Å². The van der Waals surface area contributed by atoms with Crippen molar-refractivity contribution in [3.63, 3.8) is 0 Å². The van der Waals surface area contributed by atoms with Gasteiger partial charge < -0.3 is 10.3 Å². The molecule has 0 radical (unpaired) electrons. The highest BCUT2D eigenvalue weighted by atomic mass is 15.1. The van der Waals surface area contributed by atoms with Crippen LogP contribution in [0.3, 0.4) is 0 Å². The summed E-state index contributed by atoms with van der Waals surface area (Å²) >= 11 is 0. The van der Waals surface area contributed by atoms with Gasteiger partial charge in [0.05, 0.1) is 17.6 Å². The zero-order valence-corrected chi connectivity index (χ0v) is 9.49. The molecule has 2 aromatic rings. The molecular formula is C12H17N3. The van der Waals surface area contributed by atoms with Crippen molar-refractivity contribution < 1.29 is 0 Å². The van der Waals surface area contributed by atoms with E-state index in [1.165, 1.54) is 5.56 Å². The van der Waals surface area contributed by atoms with E-state index in [4.69, 9.17) is 5.73 Å². The smallest absolute Gasteiger partial charge is 0.123 e. The van der Waals surface area contributed by atoms with Gasteiger partial charge in [-0.25, -0.2) is 4.98 Å². The lowest BCUT2D eigenvalue weighted by Gasteiger charge is -2.04. The van der Waals surface area contributed by atoms with Crippen LogP contribution < -0.4 is 5.73 Å². The van der Waals surface area contributed by atoms with Gasteiger partial charge in [-0.15, -0.1) is 0 Å². The van der Waals surface area contributed by atoms with E-state index in [2.05, 4.69) is 41.6 Å². The fourth-order valence-corrected chi connectivity index (χ4v) is 1.81. The number of benzene rings is 1. The number of fused-ring (bicyclic) bond motifs is 1. The number of aryl methyl sites for hydroxylation is 1. The maximum atomic E-state index is 5.63. The van der Waals surface area contributed by atoms with Gasteiger partial charge in [0, 0.05) is 7.05 Å². The van der Waals surface area contributed by atoms with E-state index in [0.29, 0.717) is 12.5 Å². The summed E-state index contributed by atoms with van der Waals surface area (Å²) in [6, 6.07) is 6.44. The minimum absolute atomic E-state index is 0.488. The molecule has 0 aliphatic rings. The molecule has 3 heteroatoms. The van der Waals surface area contributed by atoms with Gasteiger partial charge >= 0.3 is 0 Å². The van der Waals surface area contributed by atoms with Crippen molar-refractivity contribution in [1.29, 1.82) is 0 Å². The molecule has 0 saturated heterocycles. The van der Waals surface area contributed by atoms with E-state index >= 15 is 0 Å². The van der Waals surface area contributed by atoms with Gasteiger partial charge in [-0.05, 0) is 23.6 Å². The largest absolute Gasteiger partial charge is 0.330 e. The third-order valence-corrected chi connectivity index (χ3v) is 2.85. The van der Waals surface area contributed by atoms with E-state index in [1.54, 1.807) is 0 Å². The zero-order valence-electron chi connectivity index (χ0n) is 9.49. The molecule has 2 N–H and O–H groups in total. The van der Waals surface area contributed by atoms with Crippen LogP contribution in [0, 0.1) is 0 Å². The average molecular weight is 203 g/mol. The second kappa shape index (κ2) is 3.66. The Balaban J connectivity index is 2.63. The Morgan fingerprint density at radius 3 is 2.73 bits per heavy atom. The van der Waals surface area contributed by atoms with Gasteiger partial charge in [-0.3, -0.25) is 0 Å².